The highest BCUT2D eigenvalue weighted by Crippen LogP contribution is 2.27. The van der Waals surface area contributed by atoms with Crippen molar-refractivity contribution >= 4 is 15.9 Å². The van der Waals surface area contributed by atoms with Crippen LogP contribution in [0, 0.1) is 11.3 Å². The van der Waals surface area contributed by atoms with E-state index in [1.54, 1.807) is 0 Å². The molecule has 0 aliphatic heterocycles. The van der Waals surface area contributed by atoms with Crippen LogP contribution in [0.5, 0.6) is 0 Å². The normalized spacial score (nSPS) is 18.4. The zero-order chi connectivity index (χ0) is 14.0. The highest BCUT2D eigenvalue weighted by Gasteiger charge is 2.35. The standard InChI is InChI=1S/C12H24N2O3S/c1-9(12(2,3)4)11(15)13-7-8-14-18(16,17)10-5-6-10/h9-10,14H,5-8H2,1-4H3,(H,13,15). The Morgan fingerprint density at radius 1 is 1.28 bits per heavy atom. The summed E-state index contributed by atoms with van der Waals surface area (Å²) >= 11 is 0. The molecule has 1 amide bonds. The number of amides is 1. The maximum Gasteiger partial charge on any atom is 0.223 e. The second-order valence-corrected chi connectivity index (χ2v) is 8.06. The second kappa shape index (κ2) is 5.57. The average Bonchev–Trinajstić information content (AvgIpc) is 3.05. The van der Waals surface area contributed by atoms with E-state index in [2.05, 4.69) is 10.0 Å². The van der Waals surface area contributed by atoms with Gasteiger partial charge in [-0.25, -0.2) is 13.1 Å². The molecule has 0 aromatic rings. The van der Waals surface area contributed by atoms with Crippen LogP contribution < -0.4 is 10.0 Å². The first-order chi connectivity index (χ1) is 8.14. The molecule has 1 saturated carbocycles. The van der Waals surface area contributed by atoms with Crippen LogP contribution in [0.4, 0.5) is 0 Å². The average molecular weight is 276 g/mol. The van der Waals surface area contributed by atoms with Gasteiger partial charge in [0.15, 0.2) is 0 Å². The van der Waals surface area contributed by atoms with Gasteiger partial charge in [0.25, 0.3) is 0 Å². The summed E-state index contributed by atoms with van der Waals surface area (Å²) in [7, 11) is -3.13. The molecule has 18 heavy (non-hydrogen) atoms. The van der Waals surface area contributed by atoms with Crippen LogP contribution in [0.3, 0.4) is 0 Å². The summed E-state index contributed by atoms with van der Waals surface area (Å²) in [5, 5.41) is 2.55. The number of sulfonamides is 1. The number of carbonyl (C=O) groups excluding carboxylic acids is 1. The molecule has 0 heterocycles. The van der Waals surface area contributed by atoms with Crippen molar-refractivity contribution in [2.75, 3.05) is 13.1 Å². The van der Waals surface area contributed by atoms with Crippen LogP contribution >= 0.6 is 0 Å². The molecule has 0 radical (unpaired) electrons. The quantitative estimate of drug-likeness (QED) is 0.707. The van der Waals surface area contributed by atoms with Crippen molar-refractivity contribution in [1.29, 1.82) is 0 Å². The molecule has 1 rings (SSSR count). The van der Waals surface area contributed by atoms with E-state index >= 15 is 0 Å². The molecule has 1 fully saturated rings. The first kappa shape index (κ1) is 15.4. The summed E-state index contributed by atoms with van der Waals surface area (Å²) in [5.41, 5.74) is -0.0857. The summed E-state index contributed by atoms with van der Waals surface area (Å²) in [6, 6.07) is 0. The predicted molar refractivity (Wildman–Crippen MR) is 71.6 cm³/mol. The Balaban J connectivity index is 2.24. The molecular weight excluding hydrogens is 252 g/mol. The number of hydrogen-bond acceptors (Lipinski definition) is 3. The van der Waals surface area contributed by atoms with Gasteiger partial charge in [-0.3, -0.25) is 4.79 Å². The van der Waals surface area contributed by atoms with Gasteiger partial charge in [-0.05, 0) is 18.3 Å². The molecule has 0 aromatic heterocycles. The fraction of sp³-hybridized carbons (Fsp3) is 0.917. The summed E-state index contributed by atoms with van der Waals surface area (Å²) in [5.74, 6) is -0.134. The fourth-order valence-electron chi connectivity index (χ4n) is 1.42. The van der Waals surface area contributed by atoms with Gasteiger partial charge in [0.1, 0.15) is 0 Å². The maximum absolute atomic E-state index is 11.8. The Labute approximate surface area is 110 Å². The summed E-state index contributed by atoms with van der Waals surface area (Å²) < 4.78 is 25.5. The number of hydrogen-bond donors (Lipinski definition) is 2. The molecule has 0 saturated heterocycles. The van der Waals surface area contributed by atoms with Crippen LogP contribution in [0.1, 0.15) is 40.5 Å². The van der Waals surface area contributed by atoms with Gasteiger partial charge in [0.2, 0.25) is 15.9 Å². The van der Waals surface area contributed by atoms with E-state index in [-0.39, 0.29) is 29.0 Å². The first-order valence-corrected chi connectivity index (χ1v) is 7.95. The Kier molecular flexibility index (Phi) is 4.78. The summed E-state index contributed by atoms with van der Waals surface area (Å²) in [4.78, 5) is 11.8. The van der Waals surface area contributed by atoms with Crippen LogP contribution in [-0.2, 0) is 14.8 Å². The first-order valence-electron chi connectivity index (χ1n) is 6.41. The van der Waals surface area contributed by atoms with Crippen LogP contribution in [-0.4, -0.2) is 32.7 Å². The highest BCUT2D eigenvalue weighted by molar-refractivity contribution is 7.90. The van der Waals surface area contributed by atoms with Crippen LogP contribution in [0.25, 0.3) is 0 Å². The largest absolute Gasteiger partial charge is 0.355 e. The number of carbonyl (C=O) groups is 1. The Bertz CT molecular complexity index is 394. The fourth-order valence-corrected chi connectivity index (χ4v) is 2.80. The third-order valence-corrected chi connectivity index (χ3v) is 5.34. The topological polar surface area (TPSA) is 75.3 Å². The SMILES string of the molecule is CC(C(=O)NCCNS(=O)(=O)C1CC1)C(C)(C)C. The molecule has 0 spiro atoms. The van der Waals surface area contributed by atoms with Crippen molar-refractivity contribution in [2.24, 2.45) is 11.3 Å². The molecule has 1 aliphatic rings. The van der Waals surface area contributed by atoms with E-state index in [9.17, 15) is 13.2 Å². The molecule has 2 N–H and O–H groups in total. The molecule has 5 nitrogen and oxygen atoms in total. The van der Waals surface area contributed by atoms with E-state index in [4.69, 9.17) is 0 Å². The van der Waals surface area contributed by atoms with Crippen molar-refractivity contribution in [3.63, 3.8) is 0 Å². The van der Waals surface area contributed by atoms with Gasteiger partial charge in [-0.1, -0.05) is 27.7 Å². The lowest BCUT2D eigenvalue weighted by molar-refractivity contribution is -0.127. The van der Waals surface area contributed by atoms with Gasteiger partial charge in [-0.15, -0.1) is 0 Å². The smallest absolute Gasteiger partial charge is 0.223 e. The molecule has 6 heteroatoms. The van der Waals surface area contributed by atoms with Crippen molar-refractivity contribution < 1.29 is 13.2 Å². The van der Waals surface area contributed by atoms with Crippen molar-refractivity contribution in [3.05, 3.63) is 0 Å². The third kappa shape index (κ3) is 4.57. The van der Waals surface area contributed by atoms with E-state index < -0.39 is 10.0 Å². The van der Waals surface area contributed by atoms with Crippen molar-refractivity contribution in [2.45, 2.75) is 45.8 Å². The lowest BCUT2D eigenvalue weighted by atomic mass is 9.81. The summed E-state index contributed by atoms with van der Waals surface area (Å²) in [6.07, 6.45) is 1.51. The molecule has 0 bridgehead atoms. The number of rotatable bonds is 6. The zero-order valence-corrected chi connectivity index (χ0v) is 12.4. The summed E-state index contributed by atoms with van der Waals surface area (Å²) in [6.45, 7) is 8.50. The minimum absolute atomic E-state index is 0.0341. The Morgan fingerprint density at radius 3 is 2.28 bits per heavy atom. The molecule has 0 aromatic carbocycles. The van der Waals surface area contributed by atoms with Crippen LogP contribution in [0.15, 0.2) is 0 Å². The minimum atomic E-state index is -3.13. The Hall–Kier alpha value is -0.620. The second-order valence-electron chi connectivity index (χ2n) is 6.02. The third-order valence-electron chi connectivity index (χ3n) is 3.38. The highest BCUT2D eigenvalue weighted by atomic mass is 32.2. The zero-order valence-electron chi connectivity index (χ0n) is 11.6. The van der Waals surface area contributed by atoms with Gasteiger partial charge in [0.05, 0.1) is 5.25 Å². The minimum Gasteiger partial charge on any atom is -0.355 e. The van der Waals surface area contributed by atoms with Gasteiger partial charge in [-0.2, -0.15) is 0 Å². The number of nitrogens with one attached hydrogen (secondary N) is 2. The monoisotopic (exact) mass is 276 g/mol. The lowest BCUT2D eigenvalue weighted by Gasteiger charge is -2.26. The van der Waals surface area contributed by atoms with E-state index in [1.165, 1.54) is 0 Å². The van der Waals surface area contributed by atoms with Gasteiger partial charge in [0, 0.05) is 19.0 Å². The molecule has 1 atom stereocenters. The van der Waals surface area contributed by atoms with Gasteiger partial charge >= 0.3 is 0 Å². The van der Waals surface area contributed by atoms with E-state index in [0.29, 0.717) is 6.54 Å². The van der Waals surface area contributed by atoms with Gasteiger partial charge < -0.3 is 5.32 Å². The van der Waals surface area contributed by atoms with Crippen molar-refractivity contribution in [1.82, 2.24) is 10.0 Å². The van der Waals surface area contributed by atoms with Crippen LogP contribution in [0.2, 0.25) is 0 Å². The predicted octanol–water partition coefficient (Wildman–Crippen LogP) is 0.867. The lowest BCUT2D eigenvalue weighted by Crippen LogP contribution is -2.40. The van der Waals surface area contributed by atoms with Crippen molar-refractivity contribution in [3.8, 4) is 0 Å². The molecule has 1 aliphatic carbocycles. The molecule has 106 valence electrons. The Morgan fingerprint density at radius 2 is 1.83 bits per heavy atom. The van der Waals surface area contributed by atoms with E-state index in [0.717, 1.165) is 12.8 Å². The van der Waals surface area contributed by atoms with E-state index in [1.807, 2.05) is 27.7 Å². The maximum atomic E-state index is 11.8. The molecular formula is C12H24N2O3S. The molecule has 1 unspecified atom stereocenters.